The molecule has 4 amide bonds. The van der Waals surface area contributed by atoms with E-state index in [1.807, 2.05) is 39.8 Å². The van der Waals surface area contributed by atoms with Crippen LogP contribution < -0.4 is 26.8 Å². The molecule has 6 N–H and O–H groups in total. The number of anilines is 2. The summed E-state index contributed by atoms with van der Waals surface area (Å²) >= 11 is 1.17. The maximum atomic E-state index is 13.8. The number of aryl methyl sites for hydroxylation is 4. The first-order chi connectivity index (χ1) is 28.8. The highest BCUT2D eigenvalue weighted by Crippen LogP contribution is 2.37. The Morgan fingerprint density at radius 1 is 0.787 bits per heavy atom. The number of allylic oxidation sites excluding steroid dienone is 2. The molecule has 0 aliphatic rings. The summed E-state index contributed by atoms with van der Waals surface area (Å²) in [5.74, 6) is -1.24. The van der Waals surface area contributed by atoms with Crippen LogP contribution in [0.15, 0.2) is 42.5 Å². The number of nitrogens with one attached hydrogen (secondary N) is 2. The topological polar surface area (TPSA) is 234 Å². The van der Waals surface area contributed by atoms with Crippen LogP contribution in [-0.4, -0.2) is 83.8 Å². The van der Waals surface area contributed by atoms with E-state index in [4.69, 9.17) is 25.6 Å². The third kappa shape index (κ3) is 9.60. The zero-order chi connectivity index (χ0) is 44.4. The quantitative estimate of drug-likeness (QED) is 0.0431. The van der Waals surface area contributed by atoms with Crippen molar-refractivity contribution in [3.63, 3.8) is 0 Å². The first kappa shape index (κ1) is 44.4. The minimum atomic E-state index is -1.98. The number of benzene rings is 1. The van der Waals surface area contributed by atoms with Crippen molar-refractivity contribution < 1.29 is 28.3 Å². The molecule has 0 bridgehead atoms. The predicted octanol–water partition coefficient (Wildman–Crippen LogP) is 6.25. The van der Waals surface area contributed by atoms with Gasteiger partial charge in [-0.15, -0.1) is 11.3 Å². The third-order valence-corrected chi connectivity index (χ3v) is 16.3. The van der Waals surface area contributed by atoms with Crippen molar-refractivity contribution in [3.05, 3.63) is 75.7 Å². The normalized spacial score (nSPS) is 12.2. The molecule has 0 unspecified atom stereocenters. The Bertz CT molecular complexity index is 2660. The molecule has 0 fully saturated rings. The van der Waals surface area contributed by atoms with E-state index in [-0.39, 0.29) is 48.1 Å². The highest BCUT2D eigenvalue weighted by atomic mass is 32.1. The fourth-order valence-electron chi connectivity index (χ4n) is 6.47. The Morgan fingerprint density at radius 2 is 1.34 bits per heavy atom. The number of rotatable bonds is 18. The molecule has 61 heavy (non-hydrogen) atoms. The van der Waals surface area contributed by atoms with Crippen LogP contribution in [0.4, 0.5) is 11.9 Å². The van der Waals surface area contributed by atoms with Gasteiger partial charge in [0.2, 0.25) is 17.8 Å². The van der Waals surface area contributed by atoms with Crippen LogP contribution in [0.2, 0.25) is 18.1 Å². The number of thiophene rings is 1. The molecule has 324 valence electrons. The first-order valence-corrected chi connectivity index (χ1v) is 23.8. The average molecular weight is 871 g/mol. The number of aromatic nitrogens is 8. The molecule has 0 atom stereocenters. The lowest BCUT2D eigenvalue weighted by molar-refractivity contribution is 0.0993. The average Bonchev–Trinajstić information content (AvgIpc) is 4.01. The summed E-state index contributed by atoms with van der Waals surface area (Å²) in [5, 5.41) is 14.7. The number of hydrogen-bond donors (Lipinski definition) is 4. The summed E-state index contributed by atoms with van der Waals surface area (Å²) in [6.07, 6.45) is 4.32. The van der Waals surface area contributed by atoms with E-state index >= 15 is 0 Å². The summed E-state index contributed by atoms with van der Waals surface area (Å²) < 4.78 is 19.5. The molecule has 0 saturated heterocycles. The van der Waals surface area contributed by atoms with Crippen molar-refractivity contribution in [2.24, 2.45) is 11.5 Å². The van der Waals surface area contributed by atoms with Gasteiger partial charge in [0.05, 0.1) is 28.4 Å². The van der Waals surface area contributed by atoms with E-state index in [0.29, 0.717) is 80.9 Å². The summed E-state index contributed by atoms with van der Waals surface area (Å²) in [5.41, 5.74) is 15.1. The lowest BCUT2D eigenvalue weighted by Crippen LogP contribution is -2.41. The van der Waals surface area contributed by atoms with Gasteiger partial charge in [0.25, 0.3) is 17.7 Å². The highest BCUT2D eigenvalue weighted by molar-refractivity contribution is 7.20. The van der Waals surface area contributed by atoms with Crippen LogP contribution in [0.25, 0.3) is 21.4 Å². The molecule has 0 aliphatic carbocycles. The Balaban J connectivity index is 1.34. The predicted molar refractivity (Wildman–Crippen MR) is 238 cm³/mol. The second kappa shape index (κ2) is 17.8. The monoisotopic (exact) mass is 870 g/mol. The minimum absolute atomic E-state index is 0.0539. The third-order valence-electron chi connectivity index (χ3n) is 10.6. The number of carbonyl (C=O) groups excluding carboxylic acids is 4. The first-order valence-electron chi connectivity index (χ1n) is 20.1. The van der Waals surface area contributed by atoms with E-state index in [2.05, 4.69) is 59.7 Å². The number of hydrogen-bond acceptors (Lipinski definition) is 11. The molecule has 18 nitrogen and oxygen atoms in total. The van der Waals surface area contributed by atoms with Crippen LogP contribution in [0, 0.1) is 13.8 Å². The molecule has 0 saturated carbocycles. The summed E-state index contributed by atoms with van der Waals surface area (Å²) in [7, 11) is -1.98. The Kier molecular flexibility index (Phi) is 13.0. The van der Waals surface area contributed by atoms with Crippen molar-refractivity contribution in [1.82, 2.24) is 38.7 Å². The maximum Gasteiger partial charge on any atom is 0.276 e. The van der Waals surface area contributed by atoms with E-state index in [1.54, 1.807) is 48.8 Å². The van der Waals surface area contributed by atoms with Gasteiger partial charge >= 0.3 is 0 Å². The molecule has 6 rings (SSSR count). The number of imidazole rings is 2. The number of amides is 4. The second-order valence-corrected chi connectivity index (χ2v) is 22.0. The van der Waals surface area contributed by atoms with Crippen molar-refractivity contribution in [2.45, 2.75) is 99.2 Å². The van der Waals surface area contributed by atoms with Crippen LogP contribution in [-0.2, 0) is 30.6 Å². The summed E-state index contributed by atoms with van der Waals surface area (Å²) in [6, 6.07) is 8.15. The van der Waals surface area contributed by atoms with Crippen LogP contribution in [0.1, 0.15) is 93.4 Å². The van der Waals surface area contributed by atoms with Crippen molar-refractivity contribution in [3.8, 4) is 5.75 Å². The van der Waals surface area contributed by atoms with Gasteiger partial charge in [-0.25, -0.2) is 9.97 Å². The molecule has 20 heteroatoms. The maximum absolute atomic E-state index is 13.8. The molecule has 5 aromatic heterocycles. The highest BCUT2D eigenvalue weighted by Gasteiger charge is 2.37. The smallest absolute Gasteiger partial charge is 0.276 e. The SMILES string of the molecule is CCn1nc(C)cc1C(=O)Nc1nc2cc(C(N)=O)sc2n1C/C=C/Cn1c(NC(=O)c2cc(C)nn2CC)nc2cc(C(N)=O)cc(OCCCO[Si](C)(C)C(C)(C)C)c21. The van der Waals surface area contributed by atoms with Crippen LogP contribution >= 0.6 is 11.3 Å². The van der Waals surface area contributed by atoms with Crippen molar-refractivity contribution in [1.29, 1.82) is 0 Å². The van der Waals surface area contributed by atoms with Crippen molar-refractivity contribution >= 4 is 76.6 Å². The standard InChI is InChI=1S/C41H54N12O6SSi/c1-10-52-29(19-24(3)48-52)36(56)46-39-44-27-21-26(34(42)54)22-31(58-17-14-18-59-61(8,9)41(5,6)7)33(27)50(39)15-12-13-16-51-38-28(23-32(60-38)35(43)55)45-40(51)47-37(57)30-20-25(4)49-53(30)11-2/h12-13,19-23H,10-11,14-18H2,1-9H3,(H2,42,54)(H2,43,55)(H,44,46,56)(H,45,47,57)/b13-12+. The number of nitrogens with two attached hydrogens (primary N) is 2. The van der Waals surface area contributed by atoms with Gasteiger partial charge in [0, 0.05) is 44.8 Å². The molecule has 1 aromatic carbocycles. The molecular formula is C41H54N12O6SSi. The van der Waals surface area contributed by atoms with E-state index in [0.717, 1.165) is 0 Å². The van der Waals surface area contributed by atoms with Gasteiger partial charge in [-0.05, 0) is 76.2 Å². The number of carbonyl (C=O) groups is 4. The van der Waals surface area contributed by atoms with Gasteiger partial charge in [-0.2, -0.15) is 10.2 Å². The van der Waals surface area contributed by atoms with Crippen LogP contribution in [0.3, 0.4) is 0 Å². The number of fused-ring (bicyclic) bond motifs is 2. The van der Waals surface area contributed by atoms with Gasteiger partial charge in [-0.1, -0.05) is 32.9 Å². The second-order valence-electron chi connectivity index (χ2n) is 16.1. The van der Waals surface area contributed by atoms with E-state index in [1.165, 1.54) is 11.3 Å². The van der Waals surface area contributed by atoms with Gasteiger partial charge in [0.15, 0.2) is 8.32 Å². The summed E-state index contributed by atoms with van der Waals surface area (Å²) in [6.45, 7) is 20.5. The fraction of sp³-hybridized carbons (Fsp3) is 0.415. The summed E-state index contributed by atoms with van der Waals surface area (Å²) in [4.78, 5) is 62.3. The van der Waals surface area contributed by atoms with Gasteiger partial charge < -0.3 is 25.2 Å². The van der Waals surface area contributed by atoms with Gasteiger partial charge in [0.1, 0.15) is 33.0 Å². The number of ether oxygens (including phenoxy) is 1. The van der Waals surface area contributed by atoms with E-state index < -0.39 is 26.0 Å². The number of nitrogens with zero attached hydrogens (tertiary/aromatic N) is 8. The fourth-order valence-corrected chi connectivity index (χ4v) is 8.52. The number of primary amides is 2. The Labute approximate surface area is 358 Å². The van der Waals surface area contributed by atoms with Crippen LogP contribution in [0.5, 0.6) is 5.75 Å². The van der Waals surface area contributed by atoms with E-state index in [9.17, 15) is 19.2 Å². The van der Waals surface area contributed by atoms with Crippen molar-refractivity contribution in [2.75, 3.05) is 23.8 Å². The molecule has 6 aromatic rings. The molecule has 0 radical (unpaired) electrons. The lowest BCUT2D eigenvalue weighted by atomic mass is 10.1. The van der Waals surface area contributed by atoms with Gasteiger partial charge in [-0.3, -0.25) is 43.7 Å². The largest absolute Gasteiger partial charge is 0.491 e. The molecule has 5 heterocycles. The molecule has 0 spiro atoms. The Hall–Kier alpha value is -6.12. The zero-order valence-corrected chi connectivity index (χ0v) is 37.9. The zero-order valence-electron chi connectivity index (χ0n) is 36.1. The lowest BCUT2D eigenvalue weighted by Gasteiger charge is -2.36. The molecular weight excluding hydrogens is 817 g/mol. The minimum Gasteiger partial charge on any atom is -0.491 e. The molecule has 0 aliphatic heterocycles. The Morgan fingerprint density at radius 3 is 1.89 bits per heavy atom.